The number of aliphatic hydroxyl groups excluding tert-OH is 1. The van der Waals surface area contributed by atoms with E-state index in [9.17, 15) is 5.11 Å². The summed E-state index contributed by atoms with van der Waals surface area (Å²) in [5.41, 5.74) is 2.82. The average molecular weight is 428 g/mol. The molecule has 1 unspecified atom stereocenters. The van der Waals surface area contributed by atoms with Crippen LogP contribution in [0.5, 0.6) is 0 Å². The van der Waals surface area contributed by atoms with Crippen LogP contribution < -0.4 is 0 Å². The fourth-order valence-corrected chi connectivity index (χ4v) is 6.12. The highest BCUT2D eigenvalue weighted by molar-refractivity contribution is 5.38. The van der Waals surface area contributed by atoms with Gasteiger partial charge in [-0.05, 0) is 55.6 Å². The van der Waals surface area contributed by atoms with Crippen molar-refractivity contribution in [1.82, 2.24) is 4.90 Å². The van der Waals surface area contributed by atoms with E-state index in [2.05, 4.69) is 89.8 Å². The van der Waals surface area contributed by atoms with Gasteiger partial charge in [0.2, 0.25) is 0 Å². The zero-order valence-corrected chi connectivity index (χ0v) is 18.7. The van der Waals surface area contributed by atoms with Crippen LogP contribution in [0.25, 0.3) is 0 Å². The van der Waals surface area contributed by atoms with Crippen LogP contribution in [0.3, 0.4) is 0 Å². The van der Waals surface area contributed by atoms with Gasteiger partial charge in [0, 0.05) is 11.3 Å². The van der Waals surface area contributed by atoms with Gasteiger partial charge >= 0.3 is 0 Å². The van der Waals surface area contributed by atoms with Crippen LogP contribution in [0.2, 0.25) is 0 Å². The number of piperidine rings is 3. The number of nitrogens with zero attached hydrogens (tertiary/aromatic N) is 1. The molecule has 0 aromatic heterocycles. The predicted octanol–water partition coefficient (Wildman–Crippen LogP) is 5.25. The first kappa shape index (κ1) is 21.4. The van der Waals surface area contributed by atoms with Crippen LogP contribution in [-0.4, -0.2) is 41.8 Å². The van der Waals surface area contributed by atoms with Crippen molar-refractivity contribution in [3.05, 3.63) is 108 Å². The second-order valence-electron chi connectivity index (χ2n) is 9.45. The van der Waals surface area contributed by atoms with Gasteiger partial charge in [0.25, 0.3) is 0 Å². The normalized spacial score (nSPS) is 24.4. The van der Waals surface area contributed by atoms with E-state index < -0.39 is 5.60 Å². The van der Waals surface area contributed by atoms with Gasteiger partial charge in [0.15, 0.2) is 0 Å². The number of hydrogen-bond donors (Lipinski definition) is 1. The number of aliphatic hydroxyl groups is 1. The molecule has 32 heavy (non-hydrogen) atoms. The molecule has 1 atom stereocenters. The minimum Gasteiger partial charge on any atom is -0.393 e. The Kier molecular flexibility index (Phi) is 6.14. The smallest absolute Gasteiger partial charge is 0.108 e. The SMILES string of the molecule is OCC(OCc1ccccc1)(C(c1ccccc1)c1ccccc1)C12CCN(CC1)CC2. The van der Waals surface area contributed by atoms with E-state index in [0.717, 1.165) is 44.5 Å². The number of hydrogen-bond acceptors (Lipinski definition) is 3. The summed E-state index contributed by atoms with van der Waals surface area (Å²) in [5, 5.41) is 11.3. The highest BCUT2D eigenvalue weighted by atomic mass is 16.5. The Balaban J connectivity index is 1.65. The van der Waals surface area contributed by atoms with E-state index in [-0.39, 0.29) is 17.9 Å². The van der Waals surface area contributed by atoms with Crippen molar-refractivity contribution in [2.75, 3.05) is 26.2 Å². The van der Waals surface area contributed by atoms with E-state index in [1.807, 2.05) is 6.07 Å². The quantitative estimate of drug-likeness (QED) is 0.533. The Hall–Kier alpha value is -2.46. The van der Waals surface area contributed by atoms with Gasteiger partial charge in [-0.15, -0.1) is 0 Å². The van der Waals surface area contributed by atoms with Crippen molar-refractivity contribution in [3.8, 4) is 0 Å². The molecule has 6 rings (SSSR count). The molecule has 3 saturated heterocycles. The molecular weight excluding hydrogens is 394 g/mol. The number of ether oxygens (including phenoxy) is 1. The second kappa shape index (κ2) is 9.19. The van der Waals surface area contributed by atoms with Crippen LogP contribution >= 0.6 is 0 Å². The fraction of sp³-hybridized carbons (Fsp3) is 0.379. The van der Waals surface area contributed by atoms with Crippen LogP contribution in [0.4, 0.5) is 0 Å². The first-order valence-corrected chi connectivity index (χ1v) is 11.9. The number of rotatable bonds is 8. The molecule has 0 saturated carbocycles. The second-order valence-corrected chi connectivity index (χ2v) is 9.45. The maximum absolute atomic E-state index is 11.3. The molecule has 3 fully saturated rings. The predicted molar refractivity (Wildman–Crippen MR) is 128 cm³/mol. The van der Waals surface area contributed by atoms with E-state index in [0.29, 0.717) is 6.61 Å². The monoisotopic (exact) mass is 427 g/mol. The van der Waals surface area contributed by atoms with Gasteiger partial charge < -0.3 is 14.7 Å². The average Bonchev–Trinajstić information content (AvgIpc) is 2.89. The lowest BCUT2D eigenvalue weighted by molar-refractivity contribution is -0.210. The topological polar surface area (TPSA) is 32.7 Å². The molecule has 3 nitrogen and oxygen atoms in total. The molecule has 2 bridgehead atoms. The van der Waals surface area contributed by atoms with Crippen LogP contribution in [0.1, 0.15) is 41.9 Å². The maximum atomic E-state index is 11.3. The Morgan fingerprint density at radius 2 is 1.22 bits per heavy atom. The first-order valence-electron chi connectivity index (χ1n) is 11.9. The molecule has 0 amide bonds. The fourth-order valence-electron chi connectivity index (χ4n) is 6.12. The zero-order valence-electron chi connectivity index (χ0n) is 18.7. The van der Waals surface area contributed by atoms with Gasteiger partial charge in [-0.25, -0.2) is 0 Å². The van der Waals surface area contributed by atoms with Crippen LogP contribution in [0, 0.1) is 5.41 Å². The van der Waals surface area contributed by atoms with Crippen molar-refractivity contribution in [2.24, 2.45) is 5.41 Å². The Morgan fingerprint density at radius 3 is 1.69 bits per heavy atom. The molecule has 166 valence electrons. The van der Waals surface area contributed by atoms with Crippen LogP contribution in [-0.2, 0) is 11.3 Å². The van der Waals surface area contributed by atoms with E-state index in [4.69, 9.17) is 4.74 Å². The zero-order chi connectivity index (χ0) is 21.9. The summed E-state index contributed by atoms with van der Waals surface area (Å²) in [6.07, 6.45) is 3.20. The standard InChI is InChI=1S/C29H33NO2/c31-23-29(32-22-24-10-4-1-5-11-24,28-16-19-30(20-17-28)21-18-28)27(25-12-6-2-7-13-25)26-14-8-3-9-15-26/h1-15,27,31H,16-23H2. The van der Waals surface area contributed by atoms with E-state index in [1.165, 1.54) is 11.1 Å². The molecule has 0 radical (unpaired) electrons. The van der Waals surface area contributed by atoms with E-state index in [1.54, 1.807) is 0 Å². The number of fused-ring (bicyclic) bond motifs is 3. The maximum Gasteiger partial charge on any atom is 0.108 e. The molecule has 3 heterocycles. The molecule has 3 aromatic carbocycles. The number of benzene rings is 3. The van der Waals surface area contributed by atoms with Gasteiger partial charge in [0.1, 0.15) is 5.60 Å². The van der Waals surface area contributed by atoms with Crippen molar-refractivity contribution in [1.29, 1.82) is 0 Å². The van der Waals surface area contributed by atoms with Crippen LogP contribution in [0.15, 0.2) is 91.0 Å². The highest BCUT2D eigenvalue weighted by Crippen LogP contribution is 2.57. The Morgan fingerprint density at radius 1 is 0.750 bits per heavy atom. The lowest BCUT2D eigenvalue weighted by Crippen LogP contribution is -2.64. The van der Waals surface area contributed by atoms with Crippen molar-refractivity contribution in [2.45, 2.75) is 37.4 Å². The Labute approximate surface area is 191 Å². The third-order valence-electron chi connectivity index (χ3n) is 7.92. The lowest BCUT2D eigenvalue weighted by atomic mass is 9.55. The van der Waals surface area contributed by atoms with Gasteiger partial charge in [-0.2, -0.15) is 0 Å². The molecule has 0 aliphatic carbocycles. The molecule has 1 N–H and O–H groups in total. The van der Waals surface area contributed by atoms with Gasteiger partial charge in [-0.3, -0.25) is 0 Å². The molecular formula is C29H33NO2. The molecule has 3 aliphatic rings. The summed E-state index contributed by atoms with van der Waals surface area (Å²) in [6.45, 7) is 3.78. The summed E-state index contributed by atoms with van der Waals surface area (Å²) < 4.78 is 7.03. The molecule has 3 heteroatoms. The molecule has 0 spiro atoms. The first-order chi connectivity index (χ1) is 15.8. The summed E-state index contributed by atoms with van der Waals surface area (Å²) in [4.78, 5) is 2.56. The third kappa shape index (κ3) is 3.79. The van der Waals surface area contributed by atoms with Gasteiger partial charge in [0.05, 0.1) is 13.2 Å². The van der Waals surface area contributed by atoms with Gasteiger partial charge in [-0.1, -0.05) is 91.0 Å². The summed E-state index contributed by atoms with van der Waals surface area (Å²) in [5.74, 6) is -0.0386. The summed E-state index contributed by atoms with van der Waals surface area (Å²) in [7, 11) is 0. The Bertz CT molecular complexity index is 930. The summed E-state index contributed by atoms with van der Waals surface area (Å²) >= 11 is 0. The highest BCUT2D eigenvalue weighted by Gasteiger charge is 2.59. The lowest BCUT2D eigenvalue weighted by Gasteiger charge is -2.60. The van der Waals surface area contributed by atoms with Crippen molar-refractivity contribution < 1.29 is 9.84 Å². The molecule has 3 aromatic rings. The minimum atomic E-state index is -0.696. The molecule has 3 aliphatic heterocycles. The summed E-state index contributed by atoms with van der Waals surface area (Å²) in [6, 6.07) is 31.7. The minimum absolute atomic E-state index is 0.00822. The third-order valence-corrected chi connectivity index (χ3v) is 7.92. The van der Waals surface area contributed by atoms with Crippen molar-refractivity contribution >= 4 is 0 Å². The van der Waals surface area contributed by atoms with E-state index >= 15 is 0 Å². The largest absolute Gasteiger partial charge is 0.393 e. The van der Waals surface area contributed by atoms with Crippen molar-refractivity contribution in [3.63, 3.8) is 0 Å².